The summed E-state index contributed by atoms with van der Waals surface area (Å²) in [7, 11) is 0. The maximum atomic E-state index is 12.7. The minimum atomic E-state index is -0.167. The number of rotatable bonds is 4. The van der Waals surface area contributed by atoms with Gasteiger partial charge in [-0.05, 0) is 43.4 Å². The number of carbonyl (C=O) groups is 1. The van der Waals surface area contributed by atoms with E-state index in [2.05, 4.69) is 25.7 Å². The first-order chi connectivity index (χ1) is 10.0. The van der Waals surface area contributed by atoms with Crippen LogP contribution in [-0.4, -0.2) is 35.1 Å². The summed E-state index contributed by atoms with van der Waals surface area (Å²) in [6.07, 6.45) is 2.23. The van der Waals surface area contributed by atoms with Crippen LogP contribution in [0.4, 0.5) is 0 Å². The van der Waals surface area contributed by atoms with Gasteiger partial charge in [0.2, 0.25) is 0 Å². The molecule has 1 saturated carbocycles. The molecule has 3 heteroatoms. The molecule has 1 aromatic carbocycles. The van der Waals surface area contributed by atoms with Crippen molar-refractivity contribution in [1.29, 1.82) is 0 Å². The fraction of sp³-hybridized carbons (Fsp3) is 0.500. The van der Waals surface area contributed by atoms with Gasteiger partial charge in [0.1, 0.15) is 6.61 Å². The van der Waals surface area contributed by atoms with E-state index in [1.807, 2.05) is 30.0 Å². The van der Waals surface area contributed by atoms with Crippen LogP contribution < -0.4 is 0 Å². The second-order valence-corrected chi connectivity index (χ2v) is 6.07. The van der Waals surface area contributed by atoms with Crippen LogP contribution in [0.15, 0.2) is 18.2 Å². The molecule has 1 aliphatic rings. The molecule has 0 heterocycles. The SMILES string of the molecule is Cc1ccc(C(=O)N(CC(C)C)C2CC2)cc1C#CCO. The minimum Gasteiger partial charge on any atom is -0.384 e. The van der Waals surface area contributed by atoms with Gasteiger partial charge in [0.25, 0.3) is 5.91 Å². The molecule has 0 unspecified atom stereocenters. The van der Waals surface area contributed by atoms with Gasteiger partial charge in [-0.2, -0.15) is 0 Å². The number of hydrogen-bond donors (Lipinski definition) is 1. The highest BCUT2D eigenvalue weighted by atomic mass is 16.2. The summed E-state index contributed by atoms with van der Waals surface area (Å²) >= 11 is 0. The molecule has 21 heavy (non-hydrogen) atoms. The second-order valence-electron chi connectivity index (χ2n) is 6.07. The normalized spacial score (nSPS) is 13.8. The Bertz CT molecular complexity index is 577. The summed E-state index contributed by atoms with van der Waals surface area (Å²) < 4.78 is 0. The molecule has 2 rings (SSSR count). The molecular weight excluding hydrogens is 262 g/mol. The zero-order valence-corrected chi connectivity index (χ0v) is 13.0. The zero-order valence-electron chi connectivity index (χ0n) is 13.0. The summed E-state index contributed by atoms with van der Waals surface area (Å²) in [6, 6.07) is 6.05. The molecule has 1 aromatic rings. The topological polar surface area (TPSA) is 40.5 Å². The van der Waals surface area contributed by atoms with Crippen molar-refractivity contribution in [3.63, 3.8) is 0 Å². The summed E-state index contributed by atoms with van der Waals surface area (Å²) in [5.74, 6) is 6.12. The first-order valence-corrected chi connectivity index (χ1v) is 7.54. The van der Waals surface area contributed by atoms with Gasteiger partial charge in [-0.1, -0.05) is 31.8 Å². The van der Waals surface area contributed by atoms with Gasteiger partial charge >= 0.3 is 0 Å². The molecular formula is C18H23NO2. The number of amides is 1. The minimum absolute atomic E-state index is 0.0956. The van der Waals surface area contributed by atoms with Crippen molar-refractivity contribution in [2.75, 3.05) is 13.2 Å². The van der Waals surface area contributed by atoms with Crippen LogP contribution >= 0.6 is 0 Å². The number of aryl methyl sites for hydroxylation is 1. The predicted octanol–water partition coefficient (Wildman–Crippen LogP) is 2.60. The quantitative estimate of drug-likeness (QED) is 0.864. The van der Waals surface area contributed by atoms with Crippen LogP contribution in [0.1, 0.15) is 48.2 Å². The van der Waals surface area contributed by atoms with E-state index in [9.17, 15) is 4.79 Å². The van der Waals surface area contributed by atoms with Gasteiger partial charge in [0.15, 0.2) is 0 Å². The largest absolute Gasteiger partial charge is 0.384 e. The van der Waals surface area contributed by atoms with Crippen LogP contribution in [0, 0.1) is 24.7 Å². The fourth-order valence-electron chi connectivity index (χ4n) is 2.37. The average Bonchev–Trinajstić information content (AvgIpc) is 3.27. The number of carbonyl (C=O) groups excluding carboxylic acids is 1. The van der Waals surface area contributed by atoms with Gasteiger partial charge in [-0.3, -0.25) is 4.79 Å². The van der Waals surface area contributed by atoms with Crippen molar-refractivity contribution in [2.45, 2.75) is 39.7 Å². The Kier molecular flexibility index (Phi) is 5.03. The maximum absolute atomic E-state index is 12.7. The van der Waals surface area contributed by atoms with Gasteiger partial charge in [0, 0.05) is 23.7 Å². The molecule has 0 spiro atoms. The van der Waals surface area contributed by atoms with E-state index < -0.39 is 0 Å². The van der Waals surface area contributed by atoms with E-state index in [4.69, 9.17) is 5.11 Å². The molecule has 1 N–H and O–H groups in total. The van der Waals surface area contributed by atoms with E-state index >= 15 is 0 Å². The number of aliphatic hydroxyl groups is 1. The molecule has 0 aliphatic heterocycles. The van der Waals surface area contributed by atoms with Gasteiger partial charge in [0.05, 0.1) is 0 Å². The Balaban J connectivity index is 2.25. The summed E-state index contributed by atoms with van der Waals surface area (Å²) in [5, 5.41) is 8.82. The van der Waals surface area contributed by atoms with E-state index in [1.165, 1.54) is 0 Å². The van der Waals surface area contributed by atoms with Crippen molar-refractivity contribution in [2.24, 2.45) is 5.92 Å². The standard InChI is InChI=1S/C18H23NO2/c1-13(2)12-19(17-8-9-17)18(21)16-7-6-14(3)15(11-16)5-4-10-20/h6-7,11,13,17,20H,8-10,12H2,1-3H3. The molecule has 1 fully saturated rings. The molecule has 1 amide bonds. The van der Waals surface area contributed by atoms with Crippen LogP contribution in [-0.2, 0) is 0 Å². The number of benzene rings is 1. The average molecular weight is 285 g/mol. The van der Waals surface area contributed by atoms with E-state index in [0.717, 1.165) is 30.5 Å². The lowest BCUT2D eigenvalue weighted by Gasteiger charge is -2.24. The smallest absolute Gasteiger partial charge is 0.254 e. The van der Waals surface area contributed by atoms with Gasteiger partial charge in [-0.25, -0.2) is 0 Å². The highest BCUT2D eigenvalue weighted by Gasteiger charge is 2.33. The third-order valence-electron chi connectivity index (χ3n) is 3.60. The van der Waals surface area contributed by atoms with Crippen LogP contribution in [0.25, 0.3) is 0 Å². The summed E-state index contributed by atoms with van der Waals surface area (Å²) in [4.78, 5) is 14.7. The third kappa shape index (κ3) is 4.09. The molecule has 0 atom stereocenters. The van der Waals surface area contributed by atoms with Gasteiger partial charge < -0.3 is 10.0 Å². The molecule has 0 radical (unpaired) electrons. The van der Waals surface area contributed by atoms with Crippen LogP contribution in [0.2, 0.25) is 0 Å². The Morgan fingerprint density at radius 3 is 2.71 bits per heavy atom. The number of aliphatic hydroxyl groups excluding tert-OH is 1. The lowest BCUT2D eigenvalue weighted by atomic mass is 10.0. The van der Waals surface area contributed by atoms with Crippen LogP contribution in [0.5, 0.6) is 0 Å². The lowest BCUT2D eigenvalue weighted by molar-refractivity contribution is 0.0722. The maximum Gasteiger partial charge on any atom is 0.254 e. The Hall–Kier alpha value is -1.79. The second kappa shape index (κ2) is 6.78. The fourth-order valence-corrected chi connectivity index (χ4v) is 2.37. The Labute approximate surface area is 127 Å². The third-order valence-corrected chi connectivity index (χ3v) is 3.60. The monoisotopic (exact) mass is 285 g/mol. The number of hydrogen-bond acceptors (Lipinski definition) is 2. The Morgan fingerprint density at radius 1 is 1.43 bits per heavy atom. The zero-order chi connectivity index (χ0) is 15.4. The molecule has 3 nitrogen and oxygen atoms in total. The predicted molar refractivity (Wildman–Crippen MR) is 84.0 cm³/mol. The van der Waals surface area contributed by atoms with Gasteiger partial charge in [-0.15, -0.1) is 0 Å². The molecule has 0 saturated heterocycles. The van der Waals surface area contributed by atoms with Crippen molar-refractivity contribution in [3.05, 3.63) is 34.9 Å². The van der Waals surface area contributed by atoms with Crippen LogP contribution in [0.3, 0.4) is 0 Å². The molecule has 112 valence electrons. The lowest BCUT2D eigenvalue weighted by Crippen LogP contribution is -2.36. The summed E-state index contributed by atoms with van der Waals surface area (Å²) in [5.41, 5.74) is 2.53. The number of nitrogens with zero attached hydrogens (tertiary/aromatic N) is 1. The van der Waals surface area contributed by atoms with Crippen molar-refractivity contribution >= 4 is 5.91 Å². The van der Waals surface area contributed by atoms with E-state index in [1.54, 1.807) is 0 Å². The van der Waals surface area contributed by atoms with Crippen molar-refractivity contribution in [1.82, 2.24) is 4.90 Å². The molecule has 1 aliphatic carbocycles. The van der Waals surface area contributed by atoms with E-state index in [-0.39, 0.29) is 12.5 Å². The van der Waals surface area contributed by atoms with Crippen molar-refractivity contribution in [3.8, 4) is 11.8 Å². The first kappa shape index (κ1) is 15.6. The van der Waals surface area contributed by atoms with Crippen molar-refractivity contribution < 1.29 is 9.90 Å². The summed E-state index contributed by atoms with van der Waals surface area (Å²) in [6.45, 7) is 6.86. The van der Waals surface area contributed by atoms with E-state index in [0.29, 0.717) is 17.5 Å². The highest BCUT2D eigenvalue weighted by Crippen LogP contribution is 2.29. The molecule has 0 aromatic heterocycles. The first-order valence-electron chi connectivity index (χ1n) is 7.54. The Morgan fingerprint density at radius 2 is 2.14 bits per heavy atom. The molecule has 0 bridgehead atoms. The highest BCUT2D eigenvalue weighted by molar-refractivity contribution is 5.95.